The van der Waals surface area contributed by atoms with E-state index in [1.807, 2.05) is 6.07 Å². The second-order valence-corrected chi connectivity index (χ2v) is 9.12. The number of aryl methyl sites for hydroxylation is 1. The van der Waals surface area contributed by atoms with Crippen molar-refractivity contribution in [1.29, 1.82) is 0 Å². The quantitative estimate of drug-likeness (QED) is 0.538. The maximum Gasteiger partial charge on any atom is 0.217 e. The number of pyridine rings is 1. The van der Waals surface area contributed by atoms with Gasteiger partial charge in [0.25, 0.3) is 0 Å². The van der Waals surface area contributed by atoms with Crippen LogP contribution in [-0.4, -0.2) is 43.9 Å². The van der Waals surface area contributed by atoms with Crippen LogP contribution in [0.2, 0.25) is 0 Å². The first-order chi connectivity index (χ1) is 13.0. The van der Waals surface area contributed by atoms with Gasteiger partial charge in [-0.2, -0.15) is 4.98 Å². The van der Waals surface area contributed by atoms with Crippen molar-refractivity contribution < 1.29 is 9.84 Å². The highest BCUT2D eigenvalue weighted by Gasteiger charge is 2.21. The van der Waals surface area contributed by atoms with Crippen LogP contribution in [0, 0.1) is 0 Å². The Balaban J connectivity index is 2.21. The normalized spacial score (nSPS) is 12.7. The molecule has 0 atom stereocenters. The van der Waals surface area contributed by atoms with Crippen LogP contribution in [0.5, 0.6) is 5.88 Å². The molecule has 7 heteroatoms. The number of aromatic nitrogens is 3. The standard InChI is InChI=1S/C21H37N5O2/c1-7-8-10-16-24-18-15(26(16)14-21(5,6)27)13-17(25-19(18)22)28-12-9-11-23-20(2,3)4/h13,23,27H,7-12,14H2,1-6H3,(H2,22,25). The largest absolute Gasteiger partial charge is 0.478 e. The fourth-order valence-electron chi connectivity index (χ4n) is 3.04. The van der Waals surface area contributed by atoms with Gasteiger partial charge in [-0.1, -0.05) is 13.3 Å². The Morgan fingerprint density at radius 2 is 1.89 bits per heavy atom. The molecule has 0 amide bonds. The predicted molar refractivity (Wildman–Crippen MR) is 115 cm³/mol. The number of fused-ring (bicyclic) bond motifs is 1. The Labute approximate surface area is 168 Å². The molecule has 0 aliphatic heterocycles. The minimum Gasteiger partial charge on any atom is -0.478 e. The molecule has 4 N–H and O–H groups in total. The maximum absolute atomic E-state index is 10.4. The topological polar surface area (TPSA) is 98.2 Å². The highest BCUT2D eigenvalue weighted by atomic mass is 16.5. The van der Waals surface area contributed by atoms with Crippen LogP contribution in [0.25, 0.3) is 11.0 Å². The van der Waals surface area contributed by atoms with Crippen molar-refractivity contribution in [2.24, 2.45) is 0 Å². The molecule has 0 aliphatic rings. The van der Waals surface area contributed by atoms with Crippen LogP contribution in [0.4, 0.5) is 5.82 Å². The molecule has 2 aromatic heterocycles. The van der Waals surface area contributed by atoms with E-state index >= 15 is 0 Å². The van der Waals surface area contributed by atoms with E-state index in [-0.39, 0.29) is 5.54 Å². The summed E-state index contributed by atoms with van der Waals surface area (Å²) < 4.78 is 7.90. The van der Waals surface area contributed by atoms with Gasteiger partial charge in [-0.15, -0.1) is 0 Å². The van der Waals surface area contributed by atoms with Crippen molar-refractivity contribution in [2.75, 3.05) is 18.9 Å². The molecule has 0 fully saturated rings. The molecule has 0 bridgehead atoms. The number of nitrogens with one attached hydrogen (secondary N) is 1. The summed E-state index contributed by atoms with van der Waals surface area (Å²) in [7, 11) is 0. The van der Waals surface area contributed by atoms with E-state index in [1.165, 1.54) is 0 Å². The Morgan fingerprint density at radius 3 is 2.50 bits per heavy atom. The first kappa shape index (κ1) is 22.4. The van der Waals surface area contributed by atoms with Gasteiger partial charge in [0, 0.05) is 18.0 Å². The number of nitrogens with zero attached hydrogens (tertiary/aromatic N) is 3. The summed E-state index contributed by atoms with van der Waals surface area (Å²) in [6.45, 7) is 14.1. The molecule has 2 aromatic rings. The summed E-state index contributed by atoms with van der Waals surface area (Å²) in [5.41, 5.74) is 6.96. The maximum atomic E-state index is 10.4. The van der Waals surface area contributed by atoms with Crippen molar-refractivity contribution in [1.82, 2.24) is 19.9 Å². The number of anilines is 1. The lowest BCUT2D eigenvalue weighted by Gasteiger charge is -2.21. The van der Waals surface area contributed by atoms with Gasteiger partial charge in [-0.05, 0) is 54.0 Å². The minimum atomic E-state index is -0.855. The molecule has 0 spiro atoms. The molecule has 0 radical (unpaired) electrons. The highest BCUT2D eigenvalue weighted by Crippen LogP contribution is 2.27. The van der Waals surface area contributed by atoms with E-state index < -0.39 is 5.60 Å². The van der Waals surface area contributed by atoms with Gasteiger partial charge in [0.15, 0.2) is 5.82 Å². The monoisotopic (exact) mass is 391 g/mol. The van der Waals surface area contributed by atoms with Gasteiger partial charge in [0.05, 0.1) is 24.3 Å². The smallest absolute Gasteiger partial charge is 0.217 e. The van der Waals surface area contributed by atoms with Gasteiger partial charge in [0.1, 0.15) is 11.3 Å². The highest BCUT2D eigenvalue weighted by molar-refractivity contribution is 5.86. The summed E-state index contributed by atoms with van der Waals surface area (Å²) in [6, 6.07) is 1.89. The first-order valence-electron chi connectivity index (χ1n) is 10.3. The second kappa shape index (κ2) is 9.09. The molecule has 0 unspecified atom stereocenters. The van der Waals surface area contributed by atoms with Crippen molar-refractivity contribution in [3.05, 3.63) is 11.9 Å². The number of nitrogens with two attached hydrogens (primary N) is 1. The van der Waals surface area contributed by atoms with E-state index in [9.17, 15) is 5.11 Å². The van der Waals surface area contributed by atoms with Crippen LogP contribution in [0.3, 0.4) is 0 Å². The average molecular weight is 392 g/mol. The summed E-state index contributed by atoms with van der Waals surface area (Å²) in [4.78, 5) is 9.09. The zero-order valence-corrected chi connectivity index (χ0v) is 18.3. The van der Waals surface area contributed by atoms with E-state index in [4.69, 9.17) is 15.5 Å². The Kier molecular flexibility index (Phi) is 7.28. The number of nitrogen functional groups attached to an aromatic ring is 1. The molecular weight excluding hydrogens is 354 g/mol. The van der Waals surface area contributed by atoms with Crippen molar-refractivity contribution in [3.63, 3.8) is 0 Å². The van der Waals surface area contributed by atoms with Crippen LogP contribution in [0.1, 0.15) is 66.6 Å². The number of aliphatic hydroxyl groups is 1. The average Bonchev–Trinajstić information content (AvgIpc) is 2.88. The van der Waals surface area contributed by atoms with E-state index in [0.29, 0.717) is 30.4 Å². The van der Waals surface area contributed by atoms with Crippen LogP contribution in [0.15, 0.2) is 6.07 Å². The third kappa shape index (κ3) is 6.63. The van der Waals surface area contributed by atoms with Gasteiger partial charge in [-0.3, -0.25) is 0 Å². The van der Waals surface area contributed by atoms with Crippen molar-refractivity contribution in [2.45, 2.75) is 84.9 Å². The molecular formula is C21H37N5O2. The first-order valence-corrected chi connectivity index (χ1v) is 10.3. The minimum absolute atomic E-state index is 0.0973. The zero-order valence-electron chi connectivity index (χ0n) is 18.3. The summed E-state index contributed by atoms with van der Waals surface area (Å²) in [6.07, 6.45) is 3.83. The molecule has 2 heterocycles. The van der Waals surface area contributed by atoms with Gasteiger partial charge < -0.3 is 25.5 Å². The number of hydrogen-bond acceptors (Lipinski definition) is 6. The van der Waals surface area contributed by atoms with E-state index in [1.54, 1.807) is 13.8 Å². The summed E-state index contributed by atoms with van der Waals surface area (Å²) in [5.74, 6) is 1.80. The summed E-state index contributed by atoms with van der Waals surface area (Å²) in [5, 5.41) is 13.8. The summed E-state index contributed by atoms with van der Waals surface area (Å²) >= 11 is 0. The fourth-order valence-corrected chi connectivity index (χ4v) is 3.04. The number of unbranched alkanes of at least 4 members (excludes halogenated alkanes) is 1. The van der Waals surface area contributed by atoms with Crippen LogP contribution >= 0.6 is 0 Å². The zero-order chi connectivity index (χ0) is 20.9. The third-order valence-electron chi connectivity index (χ3n) is 4.34. The number of rotatable bonds is 10. The molecule has 0 saturated carbocycles. The number of imidazole rings is 1. The Bertz CT molecular complexity index is 772. The van der Waals surface area contributed by atoms with Crippen molar-refractivity contribution in [3.8, 4) is 5.88 Å². The van der Waals surface area contributed by atoms with Crippen LogP contribution < -0.4 is 15.8 Å². The molecule has 28 heavy (non-hydrogen) atoms. The van der Waals surface area contributed by atoms with E-state index in [0.717, 1.165) is 43.6 Å². The Hall–Kier alpha value is -1.86. The van der Waals surface area contributed by atoms with Crippen LogP contribution in [-0.2, 0) is 13.0 Å². The third-order valence-corrected chi connectivity index (χ3v) is 4.34. The number of ether oxygens (including phenoxy) is 1. The van der Waals surface area contributed by atoms with Gasteiger partial charge in [-0.25, -0.2) is 4.98 Å². The van der Waals surface area contributed by atoms with E-state index in [2.05, 4.69) is 42.6 Å². The number of hydrogen-bond donors (Lipinski definition) is 3. The molecule has 158 valence electrons. The molecule has 0 aromatic carbocycles. The molecule has 0 aliphatic carbocycles. The lowest BCUT2D eigenvalue weighted by molar-refractivity contribution is 0.0618. The molecule has 0 saturated heterocycles. The van der Waals surface area contributed by atoms with Gasteiger partial charge >= 0.3 is 0 Å². The molecule has 2 rings (SSSR count). The lowest BCUT2D eigenvalue weighted by atomic mass is 10.1. The second-order valence-electron chi connectivity index (χ2n) is 9.12. The lowest BCUT2D eigenvalue weighted by Crippen LogP contribution is -2.36. The Morgan fingerprint density at radius 1 is 1.18 bits per heavy atom. The molecule has 7 nitrogen and oxygen atoms in total. The van der Waals surface area contributed by atoms with Crippen molar-refractivity contribution >= 4 is 16.9 Å². The SMILES string of the molecule is CCCCc1nc2c(N)nc(OCCCNC(C)(C)C)cc2n1CC(C)(C)O. The van der Waals surface area contributed by atoms with Gasteiger partial charge in [0.2, 0.25) is 5.88 Å². The predicted octanol–water partition coefficient (Wildman–Crippen LogP) is 3.28. The fraction of sp³-hybridized carbons (Fsp3) is 0.714.